The highest BCUT2D eigenvalue weighted by atomic mass is 15.1. The van der Waals surface area contributed by atoms with Gasteiger partial charge in [-0.05, 0) is 67.7 Å². The first-order valence-corrected chi connectivity index (χ1v) is 8.83. The molecule has 0 bridgehead atoms. The summed E-state index contributed by atoms with van der Waals surface area (Å²) in [4.78, 5) is 11.6. The van der Waals surface area contributed by atoms with Crippen molar-refractivity contribution in [1.29, 1.82) is 0 Å². The fourth-order valence-electron chi connectivity index (χ4n) is 3.51. The Morgan fingerprint density at radius 1 is 0.917 bits per heavy atom. The van der Waals surface area contributed by atoms with Crippen molar-refractivity contribution in [3.8, 4) is 11.1 Å². The zero-order valence-corrected chi connectivity index (χ0v) is 14.2. The minimum absolute atomic E-state index is 0.957. The van der Waals surface area contributed by atoms with E-state index < -0.39 is 0 Å². The fourth-order valence-corrected chi connectivity index (χ4v) is 3.51. The van der Waals surface area contributed by atoms with Gasteiger partial charge >= 0.3 is 0 Å². The van der Waals surface area contributed by atoms with E-state index >= 15 is 0 Å². The number of likely N-dealkylation sites (tertiary alicyclic amines) is 1. The van der Waals surface area contributed by atoms with Crippen LogP contribution in [0.4, 0.5) is 0 Å². The third-order valence-corrected chi connectivity index (χ3v) is 4.78. The van der Waals surface area contributed by atoms with E-state index in [1.165, 1.54) is 49.0 Å². The predicted molar refractivity (Wildman–Crippen MR) is 98.8 cm³/mol. The Kier molecular flexibility index (Phi) is 4.26. The van der Waals surface area contributed by atoms with Gasteiger partial charge in [-0.2, -0.15) is 0 Å². The van der Waals surface area contributed by atoms with Crippen LogP contribution in [0.1, 0.15) is 30.5 Å². The molecule has 1 aliphatic heterocycles. The second kappa shape index (κ2) is 6.70. The van der Waals surface area contributed by atoms with Crippen LogP contribution in [-0.4, -0.2) is 28.0 Å². The van der Waals surface area contributed by atoms with Crippen LogP contribution in [0.2, 0.25) is 0 Å². The smallest absolute Gasteiger partial charge is 0.0893 e. The average Bonchev–Trinajstić information content (AvgIpc) is 2.62. The molecule has 3 nitrogen and oxygen atoms in total. The molecule has 1 aliphatic rings. The van der Waals surface area contributed by atoms with Gasteiger partial charge in [-0.15, -0.1) is 0 Å². The monoisotopic (exact) mass is 317 g/mol. The Morgan fingerprint density at radius 2 is 1.75 bits per heavy atom. The fraction of sp³-hybridized carbons (Fsp3) is 0.333. The van der Waals surface area contributed by atoms with Crippen molar-refractivity contribution in [3.05, 3.63) is 59.9 Å². The lowest BCUT2D eigenvalue weighted by atomic mass is 10.0. The summed E-state index contributed by atoms with van der Waals surface area (Å²) in [7, 11) is 0. The van der Waals surface area contributed by atoms with E-state index in [1.54, 1.807) is 0 Å². The molecule has 0 radical (unpaired) electrons. The number of aryl methyl sites for hydroxylation is 1. The summed E-state index contributed by atoms with van der Waals surface area (Å²) < 4.78 is 0. The molecule has 0 N–H and O–H groups in total. The van der Waals surface area contributed by atoms with Gasteiger partial charge in [0.25, 0.3) is 0 Å². The van der Waals surface area contributed by atoms with E-state index in [0.717, 1.165) is 23.3 Å². The Bertz CT molecular complexity index is 851. The number of fused-ring (bicyclic) bond motifs is 1. The van der Waals surface area contributed by atoms with Crippen molar-refractivity contribution in [2.24, 2.45) is 0 Å². The van der Waals surface area contributed by atoms with Crippen LogP contribution in [0.15, 0.2) is 48.7 Å². The molecular formula is C21H23N3. The summed E-state index contributed by atoms with van der Waals surface area (Å²) in [5, 5.41) is 0. The van der Waals surface area contributed by atoms with Crippen molar-refractivity contribution in [2.75, 3.05) is 13.1 Å². The molecular weight excluding hydrogens is 294 g/mol. The molecule has 0 saturated carbocycles. The summed E-state index contributed by atoms with van der Waals surface area (Å²) in [6.07, 6.45) is 5.89. The molecule has 3 aromatic rings. The minimum atomic E-state index is 0.957. The molecule has 0 unspecified atom stereocenters. The van der Waals surface area contributed by atoms with E-state index in [9.17, 15) is 0 Å². The highest BCUT2D eigenvalue weighted by Gasteiger charge is 2.11. The highest BCUT2D eigenvalue weighted by Crippen LogP contribution is 2.24. The van der Waals surface area contributed by atoms with Gasteiger partial charge in [-0.25, -0.2) is 4.98 Å². The molecule has 1 saturated heterocycles. The number of hydrogen-bond donors (Lipinski definition) is 0. The quantitative estimate of drug-likeness (QED) is 0.707. The zero-order valence-electron chi connectivity index (χ0n) is 14.2. The highest BCUT2D eigenvalue weighted by molar-refractivity contribution is 5.81. The Balaban J connectivity index is 1.61. The van der Waals surface area contributed by atoms with Crippen LogP contribution >= 0.6 is 0 Å². The van der Waals surface area contributed by atoms with Crippen LogP contribution < -0.4 is 0 Å². The third-order valence-electron chi connectivity index (χ3n) is 4.78. The number of nitrogens with zero attached hydrogens (tertiary/aromatic N) is 3. The largest absolute Gasteiger partial charge is 0.299 e. The van der Waals surface area contributed by atoms with Crippen molar-refractivity contribution in [3.63, 3.8) is 0 Å². The molecule has 0 atom stereocenters. The standard InChI is InChI=1S/C21H23N3/c1-16-14-22-21-13-19(8-9-20(21)23-16)18-7-5-6-17(12-18)15-24-10-3-2-4-11-24/h5-9,12-14H,2-4,10-11,15H2,1H3. The second-order valence-corrected chi connectivity index (χ2v) is 6.75. The number of hydrogen-bond acceptors (Lipinski definition) is 3. The Hall–Kier alpha value is -2.26. The lowest BCUT2D eigenvalue weighted by Crippen LogP contribution is -2.29. The summed E-state index contributed by atoms with van der Waals surface area (Å²) in [6, 6.07) is 15.3. The number of piperidine rings is 1. The van der Waals surface area contributed by atoms with Crippen LogP contribution in [0.5, 0.6) is 0 Å². The molecule has 1 fully saturated rings. The summed E-state index contributed by atoms with van der Waals surface area (Å²) >= 11 is 0. The Labute approximate surface area is 143 Å². The molecule has 3 heteroatoms. The normalized spacial score (nSPS) is 15.7. The van der Waals surface area contributed by atoms with E-state index in [1.807, 2.05) is 13.1 Å². The molecule has 0 amide bonds. The molecule has 122 valence electrons. The topological polar surface area (TPSA) is 29.0 Å². The molecule has 0 spiro atoms. The van der Waals surface area contributed by atoms with Gasteiger partial charge in [0.2, 0.25) is 0 Å². The summed E-state index contributed by atoms with van der Waals surface area (Å²) in [5.41, 5.74) is 6.74. The lowest BCUT2D eigenvalue weighted by molar-refractivity contribution is 0.221. The van der Waals surface area contributed by atoms with Crippen LogP contribution in [0.25, 0.3) is 22.2 Å². The second-order valence-electron chi connectivity index (χ2n) is 6.75. The minimum Gasteiger partial charge on any atom is -0.299 e. The van der Waals surface area contributed by atoms with Crippen molar-refractivity contribution in [1.82, 2.24) is 14.9 Å². The zero-order chi connectivity index (χ0) is 16.4. The summed E-state index contributed by atoms with van der Waals surface area (Å²) in [6.45, 7) is 5.50. The number of rotatable bonds is 3. The summed E-state index contributed by atoms with van der Waals surface area (Å²) in [5.74, 6) is 0. The van der Waals surface area contributed by atoms with Gasteiger partial charge in [0, 0.05) is 12.7 Å². The Morgan fingerprint density at radius 3 is 2.62 bits per heavy atom. The maximum absolute atomic E-state index is 4.54. The molecule has 2 heterocycles. The third kappa shape index (κ3) is 3.31. The van der Waals surface area contributed by atoms with Crippen LogP contribution in [0, 0.1) is 6.92 Å². The number of aromatic nitrogens is 2. The van der Waals surface area contributed by atoms with Crippen molar-refractivity contribution < 1.29 is 0 Å². The van der Waals surface area contributed by atoms with Crippen molar-refractivity contribution >= 4 is 11.0 Å². The van der Waals surface area contributed by atoms with Gasteiger partial charge in [-0.3, -0.25) is 9.88 Å². The average molecular weight is 317 g/mol. The van der Waals surface area contributed by atoms with Crippen LogP contribution in [0.3, 0.4) is 0 Å². The molecule has 4 rings (SSSR count). The van der Waals surface area contributed by atoms with Gasteiger partial charge in [0.05, 0.1) is 16.7 Å². The first-order valence-electron chi connectivity index (χ1n) is 8.83. The van der Waals surface area contributed by atoms with Gasteiger partial charge < -0.3 is 0 Å². The SMILES string of the molecule is Cc1cnc2cc(-c3cccc(CN4CCCCC4)c3)ccc2n1. The molecule has 2 aromatic carbocycles. The molecule has 1 aromatic heterocycles. The van der Waals surface area contributed by atoms with Gasteiger partial charge in [0.1, 0.15) is 0 Å². The van der Waals surface area contributed by atoms with E-state index in [-0.39, 0.29) is 0 Å². The lowest BCUT2D eigenvalue weighted by Gasteiger charge is -2.26. The van der Waals surface area contributed by atoms with E-state index in [4.69, 9.17) is 0 Å². The first kappa shape index (κ1) is 15.3. The number of benzene rings is 2. The first-order chi connectivity index (χ1) is 11.8. The van der Waals surface area contributed by atoms with Crippen LogP contribution in [-0.2, 0) is 6.54 Å². The van der Waals surface area contributed by atoms with Gasteiger partial charge in [-0.1, -0.05) is 30.7 Å². The van der Waals surface area contributed by atoms with Crippen molar-refractivity contribution in [2.45, 2.75) is 32.7 Å². The van der Waals surface area contributed by atoms with E-state index in [0.29, 0.717) is 0 Å². The predicted octanol–water partition coefficient (Wildman–Crippen LogP) is 4.59. The maximum Gasteiger partial charge on any atom is 0.0893 e. The molecule has 24 heavy (non-hydrogen) atoms. The maximum atomic E-state index is 4.54. The van der Waals surface area contributed by atoms with Gasteiger partial charge in [0.15, 0.2) is 0 Å². The van der Waals surface area contributed by atoms with E-state index in [2.05, 4.69) is 57.3 Å². The molecule has 0 aliphatic carbocycles.